The van der Waals surface area contributed by atoms with Crippen LogP contribution in [0.5, 0.6) is 5.75 Å². The molecular formula is C13H13F2NO4. The van der Waals surface area contributed by atoms with Crippen LogP contribution in [-0.4, -0.2) is 23.6 Å². The Morgan fingerprint density at radius 3 is 2.45 bits per heavy atom. The molecule has 0 aromatic heterocycles. The number of rotatable bonds is 5. The highest BCUT2D eigenvalue weighted by atomic mass is 19.2. The summed E-state index contributed by atoms with van der Waals surface area (Å²) in [7, 11) is 0. The average Bonchev–Trinajstić information content (AvgIpc) is 2.39. The van der Waals surface area contributed by atoms with Crippen molar-refractivity contribution in [2.24, 2.45) is 0 Å². The molecule has 20 heavy (non-hydrogen) atoms. The summed E-state index contributed by atoms with van der Waals surface area (Å²) in [5.41, 5.74) is 0.169. The molecule has 1 aromatic carbocycles. The molecule has 0 radical (unpaired) electrons. The number of nitrogens with one attached hydrogen (secondary N) is 1. The number of hydrogen-bond acceptors (Lipinski definition) is 3. The van der Waals surface area contributed by atoms with Gasteiger partial charge < -0.3 is 15.2 Å². The van der Waals surface area contributed by atoms with Crippen LogP contribution in [0.1, 0.15) is 13.8 Å². The predicted octanol–water partition coefficient (Wildman–Crippen LogP) is 1.84. The molecular weight excluding hydrogens is 272 g/mol. The first-order valence-electron chi connectivity index (χ1n) is 5.59. The molecule has 7 heteroatoms. The molecule has 0 unspecified atom stereocenters. The highest BCUT2D eigenvalue weighted by Gasteiger charge is 2.10. The predicted molar refractivity (Wildman–Crippen MR) is 66.0 cm³/mol. The van der Waals surface area contributed by atoms with Crippen molar-refractivity contribution in [3.8, 4) is 5.75 Å². The third kappa shape index (κ3) is 4.34. The monoisotopic (exact) mass is 285 g/mol. The van der Waals surface area contributed by atoms with Crippen LogP contribution in [-0.2, 0) is 9.59 Å². The van der Waals surface area contributed by atoms with E-state index in [0.29, 0.717) is 0 Å². The van der Waals surface area contributed by atoms with E-state index in [9.17, 15) is 18.4 Å². The lowest BCUT2D eigenvalue weighted by atomic mass is 10.2. The number of carboxylic acid groups (broad SMARTS) is 1. The summed E-state index contributed by atoms with van der Waals surface area (Å²) in [5.74, 6) is -3.86. The molecule has 0 fully saturated rings. The fourth-order valence-electron chi connectivity index (χ4n) is 1.21. The topological polar surface area (TPSA) is 75.6 Å². The highest BCUT2D eigenvalue weighted by molar-refractivity contribution is 5.88. The largest absolute Gasteiger partial charge is 0.484 e. The second kappa shape index (κ2) is 6.65. The van der Waals surface area contributed by atoms with Gasteiger partial charge in [0.15, 0.2) is 18.2 Å². The third-order valence-corrected chi connectivity index (χ3v) is 2.47. The Bertz CT molecular complexity index is 569. The zero-order valence-corrected chi connectivity index (χ0v) is 10.9. The van der Waals surface area contributed by atoms with Gasteiger partial charge in [-0.1, -0.05) is 0 Å². The molecule has 0 heterocycles. The van der Waals surface area contributed by atoms with Gasteiger partial charge in [-0.2, -0.15) is 0 Å². The van der Waals surface area contributed by atoms with Crippen molar-refractivity contribution in [1.82, 2.24) is 5.32 Å². The molecule has 0 spiro atoms. The van der Waals surface area contributed by atoms with Crippen molar-refractivity contribution in [3.05, 3.63) is 41.1 Å². The molecule has 0 aliphatic carbocycles. The molecule has 0 bridgehead atoms. The number of hydrogen-bond donors (Lipinski definition) is 2. The second-order valence-corrected chi connectivity index (χ2v) is 3.97. The van der Waals surface area contributed by atoms with Gasteiger partial charge >= 0.3 is 5.97 Å². The fourth-order valence-corrected chi connectivity index (χ4v) is 1.21. The summed E-state index contributed by atoms with van der Waals surface area (Å²) in [6.45, 7) is 2.32. The molecule has 0 atom stereocenters. The van der Waals surface area contributed by atoms with E-state index < -0.39 is 30.1 Å². The first-order valence-corrected chi connectivity index (χ1v) is 5.59. The quantitative estimate of drug-likeness (QED) is 0.809. The van der Waals surface area contributed by atoms with Crippen molar-refractivity contribution >= 4 is 11.9 Å². The number of carboxylic acids is 1. The molecule has 1 rings (SSSR count). The van der Waals surface area contributed by atoms with Crippen LogP contribution >= 0.6 is 0 Å². The van der Waals surface area contributed by atoms with Gasteiger partial charge in [-0.25, -0.2) is 13.6 Å². The van der Waals surface area contributed by atoms with Gasteiger partial charge in [-0.05, 0) is 26.0 Å². The maximum Gasteiger partial charge on any atom is 0.333 e. The van der Waals surface area contributed by atoms with Gasteiger partial charge in [0.05, 0.1) is 5.57 Å². The number of ether oxygens (including phenoxy) is 1. The Labute approximate surface area is 113 Å². The summed E-state index contributed by atoms with van der Waals surface area (Å²) in [4.78, 5) is 22.1. The van der Waals surface area contributed by atoms with Crippen LogP contribution in [0.2, 0.25) is 0 Å². The normalized spacial score (nSPS) is 11.6. The average molecular weight is 285 g/mol. The first kappa shape index (κ1) is 15.6. The molecule has 0 aliphatic heterocycles. The molecule has 0 saturated heterocycles. The van der Waals surface area contributed by atoms with E-state index in [1.165, 1.54) is 19.9 Å². The van der Waals surface area contributed by atoms with E-state index in [-0.39, 0.29) is 17.0 Å². The van der Waals surface area contributed by atoms with Crippen molar-refractivity contribution in [2.45, 2.75) is 13.8 Å². The number of benzene rings is 1. The van der Waals surface area contributed by atoms with Crippen LogP contribution in [0.15, 0.2) is 29.5 Å². The standard InChI is InChI=1S/C13H13F2NO4/c1-7(13(18)19)8(2)16-12(17)6-20-9-3-4-10(14)11(15)5-9/h3-5H,6H2,1-2H3,(H,16,17)(H,18,19). The summed E-state index contributed by atoms with van der Waals surface area (Å²) in [6, 6.07) is 2.87. The lowest BCUT2D eigenvalue weighted by molar-refractivity contribution is -0.132. The van der Waals surface area contributed by atoms with Crippen molar-refractivity contribution < 1.29 is 28.2 Å². The lowest BCUT2D eigenvalue weighted by Crippen LogP contribution is -2.28. The van der Waals surface area contributed by atoms with E-state index in [4.69, 9.17) is 9.84 Å². The van der Waals surface area contributed by atoms with Crippen LogP contribution in [0.4, 0.5) is 8.78 Å². The molecule has 108 valence electrons. The zero-order valence-electron chi connectivity index (χ0n) is 10.9. The minimum Gasteiger partial charge on any atom is -0.484 e. The van der Waals surface area contributed by atoms with E-state index in [0.717, 1.165) is 12.1 Å². The van der Waals surface area contributed by atoms with E-state index >= 15 is 0 Å². The van der Waals surface area contributed by atoms with Crippen molar-refractivity contribution in [2.75, 3.05) is 6.61 Å². The fraction of sp³-hybridized carbons (Fsp3) is 0.231. The Kier molecular flexibility index (Phi) is 5.19. The minimum absolute atomic E-state index is 0.00404. The molecule has 5 nitrogen and oxygen atoms in total. The molecule has 2 N–H and O–H groups in total. The third-order valence-electron chi connectivity index (χ3n) is 2.47. The number of aliphatic carboxylic acids is 1. The summed E-state index contributed by atoms with van der Waals surface area (Å²) < 4.78 is 30.5. The SMILES string of the molecule is CC(NC(=O)COc1ccc(F)c(F)c1)=C(C)C(=O)O. The van der Waals surface area contributed by atoms with E-state index in [2.05, 4.69) is 5.32 Å². The minimum atomic E-state index is -1.15. The van der Waals surface area contributed by atoms with E-state index in [1.807, 2.05) is 0 Å². The Balaban J connectivity index is 2.58. The number of halogens is 2. The molecule has 0 saturated carbocycles. The van der Waals surface area contributed by atoms with Gasteiger partial charge in [0.1, 0.15) is 5.75 Å². The summed E-state index contributed by atoms with van der Waals surface area (Å²) in [6.07, 6.45) is 0. The van der Waals surface area contributed by atoms with Crippen LogP contribution in [0.3, 0.4) is 0 Å². The number of allylic oxidation sites excluding steroid dienone is 1. The van der Waals surface area contributed by atoms with E-state index in [1.54, 1.807) is 0 Å². The van der Waals surface area contributed by atoms with Crippen molar-refractivity contribution in [1.29, 1.82) is 0 Å². The first-order chi connectivity index (χ1) is 9.31. The van der Waals surface area contributed by atoms with Gasteiger partial charge in [0.2, 0.25) is 0 Å². The molecule has 0 aliphatic rings. The number of carbonyl (C=O) groups excluding carboxylic acids is 1. The lowest BCUT2D eigenvalue weighted by Gasteiger charge is -2.09. The van der Waals surface area contributed by atoms with Crippen LogP contribution < -0.4 is 10.1 Å². The Hall–Kier alpha value is -2.44. The van der Waals surface area contributed by atoms with Gasteiger partial charge in [-0.15, -0.1) is 0 Å². The maximum absolute atomic E-state index is 12.9. The summed E-state index contributed by atoms with van der Waals surface area (Å²) in [5, 5.41) is 11.0. The highest BCUT2D eigenvalue weighted by Crippen LogP contribution is 2.15. The Morgan fingerprint density at radius 1 is 1.25 bits per heavy atom. The van der Waals surface area contributed by atoms with Gasteiger partial charge in [-0.3, -0.25) is 4.79 Å². The summed E-state index contributed by atoms with van der Waals surface area (Å²) >= 11 is 0. The maximum atomic E-state index is 12.9. The van der Waals surface area contributed by atoms with Crippen LogP contribution in [0.25, 0.3) is 0 Å². The van der Waals surface area contributed by atoms with Crippen molar-refractivity contribution in [3.63, 3.8) is 0 Å². The molecule has 1 amide bonds. The second-order valence-electron chi connectivity index (χ2n) is 3.97. The van der Waals surface area contributed by atoms with Gasteiger partial charge in [0.25, 0.3) is 5.91 Å². The van der Waals surface area contributed by atoms with Crippen LogP contribution in [0, 0.1) is 11.6 Å². The Morgan fingerprint density at radius 2 is 1.90 bits per heavy atom. The smallest absolute Gasteiger partial charge is 0.333 e. The zero-order chi connectivity index (χ0) is 15.3. The number of carbonyl (C=O) groups is 2. The molecule has 1 aromatic rings. The number of amides is 1. The van der Waals surface area contributed by atoms with Gasteiger partial charge in [0, 0.05) is 11.8 Å².